The quantitative estimate of drug-likeness (QED) is 0.544. The van der Waals surface area contributed by atoms with E-state index in [4.69, 9.17) is 5.11 Å². The normalized spacial score (nSPS) is 42.3. The molecule has 2 aliphatic rings. The van der Waals surface area contributed by atoms with Gasteiger partial charge in [0, 0.05) is 12.1 Å². The van der Waals surface area contributed by atoms with Crippen molar-refractivity contribution in [2.24, 2.45) is 0 Å². The van der Waals surface area contributed by atoms with Crippen LogP contribution in [0.2, 0.25) is 0 Å². The monoisotopic (exact) mass is 127 g/mol. The van der Waals surface area contributed by atoms with Crippen molar-refractivity contribution in [2.75, 3.05) is 19.7 Å². The van der Waals surface area contributed by atoms with E-state index in [-0.39, 0.29) is 5.54 Å². The number of nitrogens with zero attached hydrogens (tertiary/aromatic N) is 1. The summed E-state index contributed by atoms with van der Waals surface area (Å²) in [6.45, 7) is 2.83. The minimum Gasteiger partial charge on any atom is -0.394 e. The highest BCUT2D eigenvalue weighted by molar-refractivity contribution is 5.03. The Kier molecular flexibility index (Phi) is 1.08. The molecule has 0 aromatic carbocycles. The van der Waals surface area contributed by atoms with Crippen LogP contribution >= 0.6 is 0 Å². The van der Waals surface area contributed by atoms with Gasteiger partial charge in [0.15, 0.2) is 0 Å². The molecule has 52 valence electrons. The number of aliphatic hydroxyl groups is 1. The van der Waals surface area contributed by atoms with Gasteiger partial charge in [0.2, 0.25) is 0 Å². The van der Waals surface area contributed by atoms with Gasteiger partial charge in [-0.2, -0.15) is 0 Å². The van der Waals surface area contributed by atoms with Crippen LogP contribution in [-0.4, -0.2) is 35.2 Å². The molecule has 2 heterocycles. The van der Waals surface area contributed by atoms with E-state index in [1.54, 1.807) is 0 Å². The van der Waals surface area contributed by atoms with Gasteiger partial charge in [-0.15, -0.1) is 0 Å². The summed E-state index contributed by atoms with van der Waals surface area (Å²) in [5.74, 6) is 0. The lowest BCUT2D eigenvalue weighted by Gasteiger charge is -2.47. The second-order valence-electron chi connectivity index (χ2n) is 3.22. The van der Waals surface area contributed by atoms with Crippen molar-refractivity contribution in [1.82, 2.24) is 4.90 Å². The molecule has 0 saturated carbocycles. The molecular weight excluding hydrogens is 114 g/mol. The van der Waals surface area contributed by atoms with Crippen LogP contribution in [0.1, 0.15) is 19.3 Å². The molecule has 2 heteroatoms. The van der Waals surface area contributed by atoms with Crippen LogP contribution in [0.15, 0.2) is 0 Å². The fourth-order valence-electron chi connectivity index (χ4n) is 2.08. The highest BCUT2D eigenvalue weighted by atomic mass is 16.3. The molecule has 0 aliphatic carbocycles. The van der Waals surface area contributed by atoms with Crippen LogP contribution < -0.4 is 0 Å². The highest BCUT2D eigenvalue weighted by Gasteiger charge is 2.46. The third-order valence-corrected chi connectivity index (χ3v) is 2.88. The Labute approximate surface area is 55.5 Å². The van der Waals surface area contributed by atoms with Crippen molar-refractivity contribution < 1.29 is 5.11 Å². The zero-order valence-corrected chi connectivity index (χ0v) is 5.64. The van der Waals surface area contributed by atoms with Crippen LogP contribution in [-0.2, 0) is 0 Å². The zero-order valence-electron chi connectivity index (χ0n) is 5.64. The van der Waals surface area contributed by atoms with Gasteiger partial charge in [0.25, 0.3) is 0 Å². The van der Waals surface area contributed by atoms with E-state index in [0.29, 0.717) is 6.61 Å². The largest absolute Gasteiger partial charge is 0.394 e. The average Bonchev–Trinajstić information content (AvgIpc) is 2.10. The Morgan fingerprint density at radius 2 is 2.22 bits per heavy atom. The summed E-state index contributed by atoms with van der Waals surface area (Å²) in [6, 6.07) is 0. The van der Waals surface area contributed by atoms with Crippen molar-refractivity contribution in [3.8, 4) is 0 Å². The summed E-state index contributed by atoms with van der Waals surface area (Å²) in [7, 11) is 0. The lowest BCUT2D eigenvalue weighted by atomic mass is 9.86. The Balaban J connectivity index is 2.10. The third kappa shape index (κ3) is 0.578. The zero-order chi connectivity index (χ0) is 6.32. The molecule has 2 saturated heterocycles. The van der Waals surface area contributed by atoms with Crippen LogP contribution in [0.25, 0.3) is 0 Å². The lowest BCUT2D eigenvalue weighted by molar-refractivity contribution is -0.0190. The fourth-order valence-corrected chi connectivity index (χ4v) is 2.08. The number of hydrogen-bond donors (Lipinski definition) is 1. The molecule has 2 rings (SSSR count). The van der Waals surface area contributed by atoms with Gasteiger partial charge in [-0.05, 0) is 25.8 Å². The van der Waals surface area contributed by atoms with Gasteiger partial charge >= 0.3 is 0 Å². The van der Waals surface area contributed by atoms with Crippen molar-refractivity contribution in [3.05, 3.63) is 0 Å². The first-order valence-electron chi connectivity index (χ1n) is 3.73. The van der Waals surface area contributed by atoms with Crippen molar-refractivity contribution in [1.29, 1.82) is 0 Å². The minimum atomic E-state index is 0.264. The van der Waals surface area contributed by atoms with Gasteiger partial charge in [0.05, 0.1) is 6.61 Å². The molecule has 1 atom stereocenters. The van der Waals surface area contributed by atoms with Gasteiger partial charge in [-0.25, -0.2) is 0 Å². The molecule has 0 bridgehead atoms. The van der Waals surface area contributed by atoms with Crippen LogP contribution in [0.3, 0.4) is 0 Å². The summed E-state index contributed by atoms with van der Waals surface area (Å²) in [6.07, 6.45) is 3.74. The van der Waals surface area contributed by atoms with E-state index in [2.05, 4.69) is 4.90 Å². The molecular formula is C7H13NO. The molecule has 0 radical (unpaired) electrons. The molecule has 1 unspecified atom stereocenters. The summed E-state index contributed by atoms with van der Waals surface area (Å²) < 4.78 is 0. The maximum absolute atomic E-state index is 9.01. The topological polar surface area (TPSA) is 23.5 Å². The number of fused-ring (bicyclic) bond motifs is 1. The first-order chi connectivity index (χ1) is 4.37. The number of rotatable bonds is 1. The average molecular weight is 127 g/mol. The molecule has 0 aromatic heterocycles. The minimum absolute atomic E-state index is 0.264. The van der Waals surface area contributed by atoms with Crippen LogP contribution in [0.4, 0.5) is 0 Å². The summed E-state index contributed by atoms with van der Waals surface area (Å²) >= 11 is 0. The SMILES string of the molecule is OCC12CCCN1CC2. The van der Waals surface area contributed by atoms with E-state index in [0.717, 1.165) is 0 Å². The Hall–Kier alpha value is -0.0800. The maximum Gasteiger partial charge on any atom is 0.0615 e. The Morgan fingerprint density at radius 3 is 2.56 bits per heavy atom. The van der Waals surface area contributed by atoms with E-state index < -0.39 is 0 Å². The molecule has 0 aromatic rings. The molecule has 2 aliphatic heterocycles. The second-order valence-corrected chi connectivity index (χ2v) is 3.22. The first-order valence-corrected chi connectivity index (χ1v) is 3.73. The van der Waals surface area contributed by atoms with Crippen LogP contribution in [0, 0.1) is 0 Å². The smallest absolute Gasteiger partial charge is 0.0615 e. The molecule has 0 spiro atoms. The van der Waals surface area contributed by atoms with E-state index >= 15 is 0 Å². The Bertz CT molecular complexity index is 122. The molecule has 0 amide bonds. The molecule has 1 N–H and O–H groups in total. The van der Waals surface area contributed by atoms with E-state index in [1.807, 2.05) is 0 Å². The number of hydrogen-bond acceptors (Lipinski definition) is 2. The van der Waals surface area contributed by atoms with Gasteiger partial charge < -0.3 is 5.11 Å². The van der Waals surface area contributed by atoms with E-state index in [9.17, 15) is 0 Å². The summed E-state index contributed by atoms with van der Waals surface area (Å²) in [5, 5.41) is 9.01. The van der Waals surface area contributed by atoms with Gasteiger partial charge in [-0.1, -0.05) is 0 Å². The molecule has 9 heavy (non-hydrogen) atoms. The van der Waals surface area contributed by atoms with E-state index in [1.165, 1.54) is 32.4 Å². The highest BCUT2D eigenvalue weighted by Crippen LogP contribution is 2.39. The lowest BCUT2D eigenvalue weighted by Crippen LogP contribution is -2.57. The van der Waals surface area contributed by atoms with Crippen molar-refractivity contribution in [3.63, 3.8) is 0 Å². The predicted octanol–water partition coefficient (Wildman–Crippen LogP) is 0.217. The molecule has 2 fully saturated rings. The standard InChI is InChI=1S/C7H13NO/c9-6-7-2-1-4-8(7)5-3-7/h9H,1-6H2. The third-order valence-electron chi connectivity index (χ3n) is 2.88. The first kappa shape index (κ1) is 5.69. The van der Waals surface area contributed by atoms with Gasteiger partial charge in [0.1, 0.15) is 0 Å². The fraction of sp³-hybridized carbons (Fsp3) is 1.00. The van der Waals surface area contributed by atoms with Crippen molar-refractivity contribution in [2.45, 2.75) is 24.8 Å². The van der Waals surface area contributed by atoms with Crippen LogP contribution in [0.5, 0.6) is 0 Å². The second kappa shape index (κ2) is 1.70. The summed E-state index contributed by atoms with van der Waals surface area (Å²) in [5.41, 5.74) is 0.264. The number of aliphatic hydroxyl groups excluding tert-OH is 1. The molecule has 2 nitrogen and oxygen atoms in total. The predicted molar refractivity (Wildman–Crippen MR) is 35.2 cm³/mol. The van der Waals surface area contributed by atoms with Crippen molar-refractivity contribution >= 4 is 0 Å². The summed E-state index contributed by atoms with van der Waals surface area (Å²) in [4.78, 5) is 2.41. The maximum atomic E-state index is 9.01. The Morgan fingerprint density at radius 1 is 1.33 bits per heavy atom. The van der Waals surface area contributed by atoms with Gasteiger partial charge in [-0.3, -0.25) is 4.90 Å².